The topological polar surface area (TPSA) is 75.4 Å². The van der Waals surface area contributed by atoms with Gasteiger partial charge in [0.2, 0.25) is 5.91 Å². The highest BCUT2D eigenvalue weighted by molar-refractivity contribution is 7.07. The van der Waals surface area contributed by atoms with Crippen molar-refractivity contribution in [2.75, 3.05) is 6.54 Å². The van der Waals surface area contributed by atoms with Crippen molar-refractivity contribution in [2.45, 2.75) is 32.9 Å². The van der Waals surface area contributed by atoms with Gasteiger partial charge in [-0.05, 0) is 27.8 Å². The summed E-state index contributed by atoms with van der Waals surface area (Å²) in [6.07, 6.45) is -0.669. The average molecular weight is 256 g/mol. The third-order valence-electron chi connectivity index (χ3n) is 2.61. The molecule has 96 valence electrons. The van der Waals surface area contributed by atoms with Gasteiger partial charge in [-0.1, -0.05) is 20.8 Å². The fourth-order valence-corrected chi connectivity index (χ4v) is 1.99. The Kier molecular flexibility index (Phi) is 4.68. The summed E-state index contributed by atoms with van der Waals surface area (Å²) in [6.45, 7) is 5.92. The van der Waals surface area contributed by atoms with Crippen LogP contribution >= 0.6 is 11.3 Å². The molecule has 4 nitrogen and oxygen atoms in total. The molecular formula is C12H20N2O2S. The number of aliphatic hydroxyl groups is 1. The zero-order chi connectivity index (χ0) is 13.1. The van der Waals surface area contributed by atoms with Crippen molar-refractivity contribution in [1.82, 2.24) is 5.32 Å². The van der Waals surface area contributed by atoms with Gasteiger partial charge in [-0.3, -0.25) is 4.79 Å². The van der Waals surface area contributed by atoms with Crippen LogP contribution in [0.2, 0.25) is 0 Å². The Morgan fingerprint density at radius 3 is 2.71 bits per heavy atom. The van der Waals surface area contributed by atoms with Gasteiger partial charge in [0, 0.05) is 6.54 Å². The third kappa shape index (κ3) is 4.11. The largest absolute Gasteiger partial charge is 0.387 e. The van der Waals surface area contributed by atoms with Crippen molar-refractivity contribution in [2.24, 2.45) is 11.1 Å². The lowest BCUT2D eigenvalue weighted by Gasteiger charge is -2.26. The second kappa shape index (κ2) is 5.62. The molecule has 0 saturated carbocycles. The van der Waals surface area contributed by atoms with Gasteiger partial charge >= 0.3 is 0 Å². The van der Waals surface area contributed by atoms with Gasteiger partial charge in [-0.15, -0.1) is 0 Å². The van der Waals surface area contributed by atoms with E-state index < -0.39 is 12.1 Å². The molecular weight excluding hydrogens is 236 g/mol. The molecule has 0 aliphatic heterocycles. The van der Waals surface area contributed by atoms with Crippen LogP contribution in [0.5, 0.6) is 0 Å². The smallest absolute Gasteiger partial charge is 0.237 e. The number of amides is 1. The van der Waals surface area contributed by atoms with Crippen LogP contribution in [0, 0.1) is 5.41 Å². The molecule has 0 bridgehead atoms. The fourth-order valence-electron chi connectivity index (χ4n) is 1.28. The Balaban J connectivity index is 2.44. The first-order valence-electron chi connectivity index (χ1n) is 5.56. The van der Waals surface area contributed by atoms with Gasteiger partial charge in [0.1, 0.15) is 0 Å². The summed E-state index contributed by atoms with van der Waals surface area (Å²) < 4.78 is 0. The number of aliphatic hydroxyl groups excluding tert-OH is 1. The summed E-state index contributed by atoms with van der Waals surface area (Å²) >= 11 is 1.52. The number of carbonyl (C=O) groups is 1. The lowest BCUT2D eigenvalue weighted by atomic mass is 9.87. The maximum absolute atomic E-state index is 11.7. The molecule has 0 aliphatic carbocycles. The number of nitrogens with two attached hydrogens (primary N) is 1. The van der Waals surface area contributed by atoms with Gasteiger partial charge in [-0.2, -0.15) is 11.3 Å². The first kappa shape index (κ1) is 14.2. The third-order valence-corrected chi connectivity index (χ3v) is 3.31. The van der Waals surface area contributed by atoms with Crippen molar-refractivity contribution in [1.29, 1.82) is 0 Å². The molecule has 0 saturated heterocycles. The summed E-state index contributed by atoms with van der Waals surface area (Å²) in [5.74, 6) is -0.230. The van der Waals surface area contributed by atoms with E-state index in [-0.39, 0.29) is 17.9 Å². The Morgan fingerprint density at radius 1 is 1.59 bits per heavy atom. The van der Waals surface area contributed by atoms with Crippen LogP contribution in [0.4, 0.5) is 0 Å². The number of nitrogens with one attached hydrogen (secondary N) is 1. The Labute approximate surface area is 106 Å². The average Bonchev–Trinajstić information content (AvgIpc) is 2.76. The molecule has 17 heavy (non-hydrogen) atoms. The van der Waals surface area contributed by atoms with Gasteiger partial charge in [0.15, 0.2) is 0 Å². The highest BCUT2D eigenvalue weighted by atomic mass is 32.1. The highest BCUT2D eigenvalue weighted by Gasteiger charge is 2.27. The lowest BCUT2D eigenvalue weighted by Crippen LogP contribution is -2.49. The van der Waals surface area contributed by atoms with E-state index in [0.29, 0.717) is 0 Å². The summed E-state index contributed by atoms with van der Waals surface area (Å²) in [4.78, 5) is 11.7. The van der Waals surface area contributed by atoms with E-state index in [0.717, 1.165) is 5.56 Å². The molecule has 2 unspecified atom stereocenters. The van der Waals surface area contributed by atoms with Crippen LogP contribution in [0.15, 0.2) is 16.8 Å². The second-order valence-electron chi connectivity index (χ2n) is 5.16. The molecule has 0 fully saturated rings. The first-order valence-corrected chi connectivity index (χ1v) is 6.50. The van der Waals surface area contributed by atoms with Crippen LogP contribution in [0.3, 0.4) is 0 Å². The number of hydrogen-bond acceptors (Lipinski definition) is 4. The number of carbonyl (C=O) groups excluding carboxylic acids is 1. The zero-order valence-electron chi connectivity index (χ0n) is 10.4. The van der Waals surface area contributed by atoms with E-state index >= 15 is 0 Å². The molecule has 0 aliphatic rings. The molecule has 1 rings (SSSR count). The first-order chi connectivity index (χ1) is 7.82. The molecule has 0 spiro atoms. The van der Waals surface area contributed by atoms with Crippen LogP contribution < -0.4 is 11.1 Å². The molecule has 4 N–H and O–H groups in total. The molecule has 0 radical (unpaired) electrons. The van der Waals surface area contributed by atoms with Crippen molar-refractivity contribution in [3.8, 4) is 0 Å². The van der Waals surface area contributed by atoms with Crippen molar-refractivity contribution >= 4 is 17.2 Å². The standard InChI is InChI=1S/C12H20N2O2S/c1-12(2,3)10(13)11(16)14-6-9(15)8-4-5-17-7-8/h4-5,7,9-10,15H,6,13H2,1-3H3,(H,14,16). The normalized spacial score (nSPS) is 15.4. The summed E-state index contributed by atoms with van der Waals surface area (Å²) in [7, 11) is 0. The zero-order valence-corrected chi connectivity index (χ0v) is 11.3. The van der Waals surface area contributed by atoms with E-state index in [1.807, 2.05) is 37.6 Å². The Morgan fingerprint density at radius 2 is 2.24 bits per heavy atom. The Bertz CT molecular complexity index is 357. The maximum Gasteiger partial charge on any atom is 0.237 e. The van der Waals surface area contributed by atoms with Crippen molar-refractivity contribution in [3.05, 3.63) is 22.4 Å². The van der Waals surface area contributed by atoms with Crippen LogP contribution in [0.1, 0.15) is 32.4 Å². The molecule has 1 amide bonds. The van der Waals surface area contributed by atoms with Crippen LogP contribution in [-0.2, 0) is 4.79 Å². The van der Waals surface area contributed by atoms with Crippen LogP contribution in [0.25, 0.3) is 0 Å². The van der Waals surface area contributed by atoms with Crippen molar-refractivity contribution < 1.29 is 9.90 Å². The van der Waals surface area contributed by atoms with Gasteiger partial charge in [0.25, 0.3) is 0 Å². The number of hydrogen-bond donors (Lipinski definition) is 3. The van der Waals surface area contributed by atoms with Gasteiger partial charge in [-0.25, -0.2) is 0 Å². The monoisotopic (exact) mass is 256 g/mol. The van der Waals surface area contributed by atoms with E-state index in [2.05, 4.69) is 5.32 Å². The summed E-state index contributed by atoms with van der Waals surface area (Å²) in [5.41, 5.74) is 6.35. The van der Waals surface area contributed by atoms with E-state index in [1.165, 1.54) is 11.3 Å². The van der Waals surface area contributed by atoms with Crippen molar-refractivity contribution in [3.63, 3.8) is 0 Å². The molecule has 1 aromatic rings. The minimum Gasteiger partial charge on any atom is -0.387 e. The fraction of sp³-hybridized carbons (Fsp3) is 0.583. The number of rotatable bonds is 4. The quantitative estimate of drug-likeness (QED) is 0.759. The summed E-state index contributed by atoms with van der Waals surface area (Å²) in [6, 6.07) is 1.27. The maximum atomic E-state index is 11.7. The predicted octanol–water partition coefficient (Wildman–Crippen LogP) is 1.27. The van der Waals surface area contributed by atoms with E-state index in [1.54, 1.807) is 0 Å². The van der Waals surface area contributed by atoms with E-state index in [4.69, 9.17) is 5.73 Å². The molecule has 1 heterocycles. The van der Waals surface area contributed by atoms with Gasteiger partial charge in [0.05, 0.1) is 12.1 Å². The molecule has 1 aromatic heterocycles. The van der Waals surface area contributed by atoms with Crippen LogP contribution in [-0.4, -0.2) is 23.6 Å². The number of thiophene rings is 1. The minimum absolute atomic E-state index is 0.194. The SMILES string of the molecule is CC(C)(C)C(N)C(=O)NCC(O)c1ccsc1. The van der Waals surface area contributed by atoms with E-state index in [9.17, 15) is 9.90 Å². The highest BCUT2D eigenvalue weighted by Crippen LogP contribution is 2.18. The summed E-state index contributed by atoms with van der Waals surface area (Å²) in [5, 5.41) is 16.2. The molecule has 2 atom stereocenters. The molecule has 5 heteroatoms. The van der Waals surface area contributed by atoms with Gasteiger partial charge < -0.3 is 16.2 Å². The lowest BCUT2D eigenvalue weighted by molar-refractivity contribution is -0.125. The predicted molar refractivity (Wildman–Crippen MR) is 69.7 cm³/mol. The Hall–Kier alpha value is -0.910. The minimum atomic E-state index is -0.669. The molecule has 0 aromatic carbocycles. The second-order valence-corrected chi connectivity index (χ2v) is 5.94.